The Morgan fingerprint density at radius 3 is 2.40 bits per heavy atom. The topological polar surface area (TPSA) is 56.8 Å². The van der Waals surface area contributed by atoms with Gasteiger partial charge in [0, 0.05) is 12.6 Å². The zero-order valence-corrected chi connectivity index (χ0v) is 15.5. The SMILES string of the molecule is COc1cc(CCNC(=O)OCCCC2CCCCC2)cc(OC)c1. The van der Waals surface area contributed by atoms with Gasteiger partial charge >= 0.3 is 6.09 Å². The van der Waals surface area contributed by atoms with Gasteiger partial charge in [0.1, 0.15) is 11.5 Å². The third-order valence-electron chi connectivity index (χ3n) is 4.81. The van der Waals surface area contributed by atoms with E-state index >= 15 is 0 Å². The number of amides is 1. The predicted molar refractivity (Wildman–Crippen MR) is 98.4 cm³/mol. The maximum atomic E-state index is 11.7. The molecule has 0 unspecified atom stereocenters. The molecule has 0 heterocycles. The second kappa shape index (κ2) is 10.9. The van der Waals surface area contributed by atoms with Crippen molar-refractivity contribution in [3.8, 4) is 11.5 Å². The van der Waals surface area contributed by atoms with Crippen LogP contribution in [0.25, 0.3) is 0 Å². The van der Waals surface area contributed by atoms with Crippen LogP contribution in [-0.4, -0.2) is 33.5 Å². The molecule has 1 aromatic rings. The Hall–Kier alpha value is -1.91. The number of carbonyl (C=O) groups is 1. The largest absolute Gasteiger partial charge is 0.497 e. The van der Waals surface area contributed by atoms with E-state index in [-0.39, 0.29) is 6.09 Å². The molecule has 0 spiro atoms. The molecule has 140 valence electrons. The fraction of sp³-hybridized carbons (Fsp3) is 0.650. The van der Waals surface area contributed by atoms with Crippen molar-refractivity contribution in [1.29, 1.82) is 0 Å². The van der Waals surface area contributed by atoms with Crippen LogP contribution in [0, 0.1) is 5.92 Å². The molecule has 1 N–H and O–H groups in total. The number of rotatable bonds is 9. The van der Waals surface area contributed by atoms with Gasteiger partial charge in [-0.15, -0.1) is 0 Å². The fourth-order valence-electron chi connectivity index (χ4n) is 3.38. The second-order valence-electron chi connectivity index (χ2n) is 6.68. The minimum Gasteiger partial charge on any atom is -0.497 e. The number of ether oxygens (including phenoxy) is 3. The first-order chi connectivity index (χ1) is 12.2. The normalized spacial score (nSPS) is 14.8. The molecule has 25 heavy (non-hydrogen) atoms. The van der Waals surface area contributed by atoms with E-state index in [1.54, 1.807) is 14.2 Å². The van der Waals surface area contributed by atoms with Crippen LogP contribution in [0.15, 0.2) is 18.2 Å². The summed E-state index contributed by atoms with van der Waals surface area (Å²) in [5, 5.41) is 2.80. The van der Waals surface area contributed by atoms with Crippen molar-refractivity contribution in [2.45, 2.75) is 51.4 Å². The van der Waals surface area contributed by atoms with Gasteiger partial charge in [-0.1, -0.05) is 32.1 Å². The third kappa shape index (κ3) is 7.24. The van der Waals surface area contributed by atoms with Crippen LogP contribution < -0.4 is 14.8 Å². The van der Waals surface area contributed by atoms with Crippen LogP contribution in [0.4, 0.5) is 4.79 Å². The molecule has 0 bridgehead atoms. The third-order valence-corrected chi connectivity index (χ3v) is 4.81. The standard InChI is InChI=1S/C20H31NO4/c1-23-18-13-17(14-19(15-18)24-2)10-11-21-20(22)25-12-6-9-16-7-4-3-5-8-16/h13-16H,3-12H2,1-2H3,(H,21,22). The second-order valence-corrected chi connectivity index (χ2v) is 6.68. The smallest absolute Gasteiger partial charge is 0.407 e. The lowest BCUT2D eigenvalue weighted by atomic mass is 9.86. The van der Waals surface area contributed by atoms with Crippen molar-refractivity contribution >= 4 is 6.09 Å². The number of hydrogen-bond donors (Lipinski definition) is 1. The number of benzene rings is 1. The highest BCUT2D eigenvalue weighted by molar-refractivity contribution is 5.67. The summed E-state index contributed by atoms with van der Waals surface area (Å²) < 4.78 is 15.8. The Labute approximate surface area is 151 Å². The van der Waals surface area contributed by atoms with Gasteiger partial charge in [-0.05, 0) is 42.9 Å². The number of nitrogens with one attached hydrogen (secondary N) is 1. The van der Waals surface area contributed by atoms with Crippen molar-refractivity contribution in [3.63, 3.8) is 0 Å². The lowest BCUT2D eigenvalue weighted by Crippen LogP contribution is -2.27. The van der Waals surface area contributed by atoms with Gasteiger partial charge in [-0.3, -0.25) is 0 Å². The summed E-state index contributed by atoms with van der Waals surface area (Å²) in [5.74, 6) is 2.34. The van der Waals surface area contributed by atoms with Gasteiger partial charge < -0.3 is 19.5 Å². The lowest BCUT2D eigenvalue weighted by molar-refractivity contribution is 0.141. The van der Waals surface area contributed by atoms with Crippen LogP contribution in [0.3, 0.4) is 0 Å². The Balaban J connectivity index is 1.60. The van der Waals surface area contributed by atoms with Crippen LogP contribution in [-0.2, 0) is 11.2 Å². The molecule has 1 amide bonds. The van der Waals surface area contributed by atoms with E-state index in [9.17, 15) is 4.79 Å². The quantitative estimate of drug-likeness (QED) is 0.674. The lowest BCUT2D eigenvalue weighted by Gasteiger charge is -2.21. The van der Waals surface area contributed by atoms with E-state index in [0.717, 1.165) is 29.4 Å². The molecule has 2 rings (SSSR count). The van der Waals surface area contributed by atoms with Crippen LogP contribution >= 0.6 is 0 Å². The molecular weight excluding hydrogens is 318 g/mol. The molecule has 5 nitrogen and oxygen atoms in total. The summed E-state index contributed by atoms with van der Waals surface area (Å²) in [6.45, 7) is 1.03. The van der Waals surface area contributed by atoms with Gasteiger partial charge in [0.15, 0.2) is 0 Å². The van der Waals surface area contributed by atoms with Crippen molar-refractivity contribution in [2.24, 2.45) is 5.92 Å². The van der Waals surface area contributed by atoms with Crippen molar-refractivity contribution < 1.29 is 19.0 Å². The molecule has 1 aliphatic carbocycles. The van der Waals surface area contributed by atoms with Crippen molar-refractivity contribution in [1.82, 2.24) is 5.32 Å². The molecule has 1 aliphatic rings. The minimum absolute atomic E-state index is 0.335. The van der Waals surface area contributed by atoms with Crippen molar-refractivity contribution in [3.05, 3.63) is 23.8 Å². The van der Waals surface area contributed by atoms with Gasteiger partial charge in [0.25, 0.3) is 0 Å². The Morgan fingerprint density at radius 1 is 1.08 bits per heavy atom. The van der Waals surface area contributed by atoms with Crippen molar-refractivity contribution in [2.75, 3.05) is 27.4 Å². The van der Waals surface area contributed by atoms with E-state index in [1.807, 2.05) is 18.2 Å². The zero-order valence-electron chi connectivity index (χ0n) is 15.5. The summed E-state index contributed by atoms with van der Waals surface area (Å²) >= 11 is 0. The van der Waals surface area contributed by atoms with Gasteiger partial charge in [0.05, 0.1) is 20.8 Å². The fourth-order valence-corrected chi connectivity index (χ4v) is 3.38. The molecule has 0 radical (unpaired) electrons. The Bertz CT molecular complexity index is 504. The monoisotopic (exact) mass is 349 g/mol. The number of methoxy groups -OCH3 is 2. The van der Waals surface area contributed by atoms with Crippen LogP contribution in [0.5, 0.6) is 11.5 Å². The van der Waals surface area contributed by atoms with Gasteiger partial charge in [0.2, 0.25) is 0 Å². The molecule has 0 atom stereocenters. The van der Waals surface area contributed by atoms with E-state index in [2.05, 4.69) is 5.32 Å². The summed E-state index contributed by atoms with van der Waals surface area (Å²) in [4.78, 5) is 11.7. The highest BCUT2D eigenvalue weighted by Crippen LogP contribution is 2.27. The Kier molecular flexibility index (Phi) is 8.43. The molecule has 1 saturated carbocycles. The van der Waals surface area contributed by atoms with Gasteiger partial charge in [-0.25, -0.2) is 4.79 Å². The summed E-state index contributed by atoms with van der Waals surface area (Å²) in [7, 11) is 3.25. The first kappa shape index (κ1) is 19.4. The number of hydrogen-bond acceptors (Lipinski definition) is 4. The molecule has 0 aromatic heterocycles. The number of carbonyl (C=O) groups excluding carboxylic acids is 1. The molecule has 1 fully saturated rings. The zero-order chi connectivity index (χ0) is 17.9. The minimum atomic E-state index is -0.335. The molecule has 1 aromatic carbocycles. The highest BCUT2D eigenvalue weighted by Gasteiger charge is 2.13. The maximum absolute atomic E-state index is 11.7. The summed E-state index contributed by atoms with van der Waals surface area (Å²) in [5.41, 5.74) is 1.05. The van der Waals surface area contributed by atoms with E-state index in [0.29, 0.717) is 19.6 Å². The summed E-state index contributed by atoms with van der Waals surface area (Å²) in [6.07, 6.45) is 9.30. The van der Waals surface area contributed by atoms with Crippen LogP contribution in [0.1, 0.15) is 50.5 Å². The Morgan fingerprint density at radius 2 is 1.76 bits per heavy atom. The average Bonchev–Trinajstić information content (AvgIpc) is 2.65. The maximum Gasteiger partial charge on any atom is 0.407 e. The summed E-state index contributed by atoms with van der Waals surface area (Å²) in [6, 6.07) is 5.72. The average molecular weight is 349 g/mol. The first-order valence-corrected chi connectivity index (χ1v) is 9.34. The predicted octanol–water partition coefficient (Wildman–Crippen LogP) is 4.33. The number of alkyl carbamates (subject to hydrolysis) is 1. The molecule has 0 saturated heterocycles. The van der Waals surface area contributed by atoms with E-state index in [4.69, 9.17) is 14.2 Å². The van der Waals surface area contributed by atoms with Crippen LogP contribution in [0.2, 0.25) is 0 Å². The van der Waals surface area contributed by atoms with Gasteiger partial charge in [-0.2, -0.15) is 0 Å². The van der Waals surface area contributed by atoms with E-state index < -0.39 is 0 Å². The molecule has 0 aliphatic heterocycles. The molecular formula is C20H31NO4. The first-order valence-electron chi connectivity index (χ1n) is 9.34. The highest BCUT2D eigenvalue weighted by atomic mass is 16.5. The van der Waals surface area contributed by atoms with E-state index in [1.165, 1.54) is 38.5 Å². The molecule has 5 heteroatoms.